The summed E-state index contributed by atoms with van der Waals surface area (Å²) in [6, 6.07) is 1.88. The summed E-state index contributed by atoms with van der Waals surface area (Å²) < 4.78 is 60.8. The molecule has 0 bridgehead atoms. The van der Waals surface area contributed by atoms with E-state index >= 15 is 0 Å². The van der Waals surface area contributed by atoms with Crippen LogP contribution in [0.3, 0.4) is 0 Å². The van der Waals surface area contributed by atoms with Gasteiger partial charge in [0.2, 0.25) is 5.91 Å². The summed E-state index contributed by atoms with van der Waals surface area (Å²) >= 11 is 0. The second-order valence-electron chi connectivity index (χ2n) is 6.43. The van der Waals surface area contributed by atoms with Gasteiger partial charge in [-0.3, -0.25) is 19.3 Å². The van der Waals surface area contributed by atoms with Crippen molar-refractivity contribution in [1.82, 2.24) is 4.90 Å². The minimum Gasteiger partial charge on any atom is -0.433 e. The second kappa shape index (κ2) is 10.9. The zero-order valence-corrected chi connectivity index (χ0v) is 16.5. The molecule has 0 radical (unpaired) electrons. The fraction of sp³-hybridized carbons (Fsp3) is 0.500. The van der Waals surface area contributed by atoms with Gasteiger partial charge in [-0.2, -0.15) is 8.78 Å². The van der Waals surface area contributed by atoms with Gasteiger partial charge in [0.15, 0.2) is 11.8 Å². The Bertz CT molecular complexity index is 811. The number of nitrogens with one attached hydrogen (secondary N) is 1. The van der Waals surface area contributed by atoms with Crippen LogP contribution >= 0.6 is 0 Å². The molecule has 2 rings (SSSR count). The molecule has 0 saturated carbocycles. The van der Waals surface area contributed by atoms with E-state index in [1.165, 1.54) is 24.0 Å². The quantitative estimate of drug-likeness (QED) is 0.407. The van der Waals surface area contributed by atoms with Crippen molar-refractivity contribution in [3.8, 4) is 5.75 Å². The lowest BCUT2D eigenvalue weighted by Crippen LogP contribution is -2.53. The summed E-state index contributed by atoms with van der Waals surface area (Å²) in [5.41, 5.74) is 5.18. The van der Waals surface area contributed by atoms with Crippen molar-refractivity contribution >= 4 is 29.1 Å². The number of anilines is 2. The van der Waals surface area contributed by atoms with Gasteiger partial charge in [0, 0.05) is 18.3 Å². The number of nitrogens with two attached hydrogens (primary N) is 1. The van der Waals surface area contributed by atoms with Crippen molar-refractivity contribution < 1.29 is 41.4 Å². The molecule has 1 aliphatic heterocycles. The highest BCUT2D eigenvalue weighted by atomic mass is 19.3. The molecule has 1 aromatic carbocycles. The Morgan fingerprint density at radius 1 is 1.32 bits per heavy atom. The zero-order chi connectivity index (χ0) is 23.1. The van der Waals surface area contributed by atoms with Crippen LogP contribution in [0.15, 0.2) is 18.2 Å². The van der Waals surface area contributed by atoms with Crippen LogP contribution in [-0.2, 0) is 19.1 Å². The fourth-order valence-corrected chi connectivity index (χ4v) is 3.06. The maximum Gasteiger partial charge on any atom is 0.387 e. The summed E-state index contributed by atoms with van der Waals surface area (Å²) in [5, 5.41) is 2.29. The molecule has 1 aliphatic rings. The number of amides is 3. The maximum atomic E-state index is 12.9. The van der Waals surface area contributed by atoms with E-state index in [0.717, 1.165) is 11.0 Å². The lowest BCUT2D eigenvalue weighted by atomic mass is 10.2. The Hall–Kier alpha value is -2.93. The molecule has 31 heavy (non-hydrogen) atoms. The van der Waals surface area contributed by atoms with Gasteiger partial charge in [-0.05, 0) is 18.7 Å². The van der Waals surface area contributed by atoms with Crippen LogP contribution in [0.2, 0.25) is 0 Å². The van der Waals surface area contributed by atoms with Crippen molar-refractivity contribution in [2.24, 2.45) is 5.73 Å². The number of ether oxygens (including phenoxy) is 2. The Morgan fingerprint density at radius 3 is 2.58 bits per heavy atom. The van der Waals surface area contributed by atoms with Crippen molar-refractivity contribution in [2.75, 3.05) is 43.1 Å². The molecule has 1 fully saturated rings. The van der Waals surface area contributed by atoms with E-state index < -0.39 is 49.1 Å². The van der Waals surface area contributed by atoms with Crippen molar-refractivity contribution in [3.63, 3.8) is 0 Å². The number of hydrogen-bond acceptors (Lipinski definition) is 6. The number of carbonyl (C=O) groups is 3. The summed E-state index contributed by atoms with van der Waals surface area (Å²) in [7, 11) is 0. The van der Waals surface area contributed by atoms with Crippen LogP contribution < -0.4 is 20.7 Å². The monoisotopic (exact) mass is 450 g/mol. The molecule has 3 N–H and O–H groups in total. The van der Waals surface area contributed by atoms with Gasteiger partial charge in [0.1, 0.15) is 6.61 Å². The highest BCUT2D eigenvalue weighted by molar-refractivity contribution is 6.09. The first-order valence-corrected chi connectivity index (χ1v) is 9.23. The first kappa shape index (κ1) is 24.3. The van der Waals surface area contributed by atoms with E-state index in [-0.39, 0.29) is 37.7 Å². The third kappa shape index (κ3) is 6.52. The number of carbonyl (C=O) groups excluding carboxylic acids is 3. The second-order valence-corrected chi connectivity index (χ2v) is 6.43. The number of halogens is 4. The van der Waals surface area contributed by atoms with Crippen molar-refractivity contribution in [3.05, 3.63) is 18.2 Å². The largest absolute Gasteiger partial charge is 0.433 e. The first-order valence-electron chi connectivity index (χ1n) is 9.23. The van der Waals surface area contributed by atoms with E-state index in [4.69, 9.17) is 10.5 Å². The lowest BCUT2D eigenvalue weighted by molar-refractivity contribution is -0.133. The van der Waals surface area contributed by atoms with Gasteiger partial charge < -0.3 is 25.4 Å². The molecule has 1 aromatic rings. The number of benzene rings is 1. The van der Waals surface area contributed by atoms with Crippen LogP contribution in [0.4, 0.5) is 28.9 Å². The van der Waals surface area contributed by atoms with E-state index in [1.807, 2.05) is 0 Å². The molecule has 9 nitrogen and oxygen atoms in total. The molecule has 13 heteroatoms. The number of nitrogens with zero attached hydrogens (tertiary/aromatic N) is 2. The van der Waals surface area contributed by atoms with Crippen LogP contribution in [0.5, 0.6) is 5.75 Å². The average molecular weight is 450 g/mol. The molecule has 0 aromatic heterocycles. The number of primary amides is 1. The maximum absolute atomic E-state index is 12.9. The standard InChI is InChI=1S/C18H22F4N4O5/c1-2-25(8-13(19)20)15(16(23)28)17(29)24-10-3-4-11(12(7-10)31-18(21)22)26-5-6-30-9-14(26)27/h3-4,7,13,15,18H,2,5-6,8-9H2,1H3,(H2,23,28)(H,24,29)/t15-/m1/s1. The Kier molecular flexibility index (Phi) is 8.56. The Morgan fingerprint density at radius 2 is 2.03 bits per heavy atom. The van der Waals surface area contributed by atoms with E-state index in [1.54, 1.807) is 0 Å². The first-order chi connectivity index (χ1) is 14.6. The summed E-state index contributed by atoms with van der Waals surface area (Å²) in [6.45, 7) is -2.62. The molecule has 1 heterocycles. The molecule has 0 spiro atoms. The van der Waals surface area contributed by atoms with Crippen molar-refractivity contribution in [2.45, 2.75) is 26.0 Å². The molecule has 172 valence electrons. The minimum atomic E-state index is -3.22. The topological polar surface area (TPSA) is 114 Å². The molecule has 1 saturated heterocycles. The minimum absolute atomic E-state index is 0.0333. The van der Waals surface area contributed by atoms with Crippen LogP contribution in [0.25, 0.3) is 0 Å². The third-order valence-corrected chi connectivity index (χ3v) is 4.38. The van der Waals surface area contributed by atoms with E-state index in [9.17, 15) is 31.9 Å². The number of hydrogen-bond donors (Lipinski definition) is 2. The number of rotatable bonds is 10. The van der Waals surface area contributed by atoms with Gasteiger partial charge >= 0.3 is 6.61 Å². The van der Waals surface area contributed by atoms with Gasteiger partial charge in [-0.25, -0.2) is 8.78 Å². The molecular weight excluding hydrogens is 428 g/mol. The molecule has 3 amide bonds. The highest BCUT2D eigenvalue weighted by Gasteiger charge is 2.32. The molecular formula is C18H22F4N4O5. The smallest absolute Gasteiger partial charge is 0.387 e. The Balaban J connectivity index is 2.29. The third-order valence-electron chi connectivity index (χ3n) is 4.38. The molecule has 1 atom stereocenters. The fourth-order valence-electron chi connectivity index (χ4n) is 3.06. The van der Waals surface area contributed by atoms with Gasteiger partial charge in [0.05, 0.1) is 18.8 Å². The lowest BCUT2D eigenvalue weighted by Gasteiger charge is -2.29. The van der Waals surface area contributed by atoms with Crippen LogP contribution in [-0.4, -0.2) is 74.5 Å². The highest BCUT2D eigenvalue weighted by Crippen LogP contribution is 2.33. The van der Waals surface area contributed by atoms with Gasteiger partial charge in [-0.1, -0.05) is 6.92 Å². The van der Waals surface area contributed by atoms with E-state index in [2.05, 4.69) is 10.1 Å². The predicted molar refractivity (Wildman–Crippen MR) is 101 cm³/mol. The van der Waals surface area contributed by atoms with Crippen LogP contribution in [0.1, 0.15) is 6.92 Å². The predicted octanol–water partition coefficient (Wildman–Crippen LogP) is 1.03. The van der Waals surface area contributed by atoms with Crippen LogP contribution in [0, 0.1) is 0 Å². The number of alkyl halides is 4. The van der Waals surface area contributed by atoms with Gasteiger partial charge in [-0.15, -0.1) is 0 Å². The normalized spacial score (nSPS) is 15.5. The summed E-state index contributed by atoms with van der Waals surface area (Å²) in [6.07, 6.45) is -2.81. The van der Waals surface area contributed by atoms with E-state index in [0.29, 0.717) is 0 Å². The Labute approximate surface area is 175 Å². The number of morpholine rings is 1. The summed E-state index contributed by atoms with van der Waals surface area (Å²) in [4.78, 5) is 38.4. The average Bonchev–Trinajstić information content (AvgIpc) is 2.67. The zero-order valence-electron chi connectivity index (χ0n) is 16.5. The molecule has 0 aliphatic carbocycles. The van der Waals surface area contributed by atoms with Gasteiger partial charge in [0.25, 0.3) is 18.2 Å². The number of likely N-dealkylation sites (N-methyl/N-ethyl adjacent to an activating group) is 1. The SMILES string of the molecule is CCN(CC(F)F)[C@H](C(N)=O)C(=O)Nc1ccc(N2CCOCC2=O)c(OC(F)F)c1. The van der Waals surface area contributed by atoms with Crippen molar-refractivity contribution in [1.29, 1.82) is 0 Å². The summed E-state index contributed by atoms with van der Waals surface area (Å²) in [5.74, 6) is -3.05. The molecule has 0 unspecified atom stereocenters.